The summed E-state index contributed by atoms with van der Waals surface area (Å²) in [5, 5.41) is 0. The van der Waals surface area contributed by atoms with Gasteiger partial charge in [0, 0.05) is 31.9 Å². The minimum atomic E-state index is -3.42. The molecule has 0 bridgehead atoms. The van der Waals surface area contributed by atoms with Gasteiger partial charge in [-0.2, -0.15) is 4.31 Å². The van der Waals surface area contributed by atoms with Crippen molar-refractivity contribution < 1.29 is 8.42 Å². The van der Waals surface area contributed by atoms with E-state index in [-0.39, 0.29) is 0 Å². The van der Waals surface area contributed by atoms with Gasteiger partial charge >= 0.3 is 0 Å². The van der Waals surface area contributed by atoms with Crippen LogP contribution < -0.4 is 4.90 Å². The van der Waals surface area contributed by atoms with Crippen molar-refractivity contribution in [3.8, 4) is 0 Å². The standard InChI is InChI=1S/C19H24N2O2S/c1-15-4-7-18(8-5-15)20-10-12-21(13-11-20)24(22,23)19-9-6-16(2)14-17(19)3/h4-9,14H,10-13H2,1-3H3. The van der Waals surface area contributed by atoms with Crippen molar-refractivity contribution in [3.05, 3.63) is 59.2 Å². The predicted molar refractivity (Wildman–Crippen MR) is 98.1 cm³/mol. The number of nitrogens with zero attached hydrogens (tertiary/aromatic N) is 2. The summed E-state index contributed by atoms with van der Waals surface area (Å²) in [5.74, 6) is 0. The second-order valence-electron chi connectivity index (χ2n) is 6.50. The lowest BCUT2D eigenvalue weighted by atomic mass is 10.2. The third-order valence-electron chi connectivity index (χ3n) is 4.59. The number of hydrogen-bond acceptors (Lipinski definition) is 3. The fourth-order valence-electron chi connectivity index (χ4n) is 3.17. The van der Waals surface area contributed by atoms with Crippen LogP contribution in [0.1, 0.15) is 16.7 Å². The molecular formula is C19H24N2O2S. The predicted octanol–water partition coefficient (Wildman–Crippen LogP) is 3.12. The maximum Gasteiger partial charge on any atom is 0.243 e. The topological polar surface area (TPSA) is 40.6 Å². The molecule has 3 rings (SSSR count). The molecule has 0 unspecified atom stereocenters. The van der Waals surface area contributed by atoms with Gasteiger partial charge in [0.15, 0.2) is 0 Å². The van der Waals surface area contributed by atoms with Crippen molar-refractivity contribution in [2.24, 2.45) is 0 Å². The Morgan fingerprint density at radius 1 is 0.792 bits per heavy atom. The van der Waals surface area contributed by atoms with Crippen LogP contribution in [0.15, 0.2) is 47.4 Å². The molecule has 4 nitrogen and oxygen atoms in total. The molecule has 0 N–H and O–H groups in total. The van der Waals surface area contributed by atoms with E-state index in [1.807, 2.05) is 26.0 Å². The van der Waals surface area contributed by atoms with Crippen molar-refractivity contribution in [1.82, 2.24) is 4.31 Å². The highest BCUT2D eigenvalue weighted by molar-refractivity contribution is 7.89. The lowest BCUT2D eigenvalue weighted by Crippen LogP contribution is -2.48. The molecule has 2 aromatic carbocycles. The molecular weight excluding hydrogens is 320 g/mol. The van der Waals surface area contributed by atoms with Crippen LogP contribution in [0.4, 0.5) is 5.69 Å². The van der Waals surface area contributed by atoms with E-state index < -0.39 is 10.0 Å². The zero-order valence-electron chi connectivity index (χ0n) is 14.5. The molecule has 0 aliphatic carbocycles. The Balaban J connectivity index is 1.75. The van der Waals surface area contributed by atoms with E-state index in [1.165, 1.54) is 5.56 Å². The molecule has 0 atom stereocenters. The van der Waals surface area contributed by atoms with Gasteiger partial charge in [-0.3, -0.25) is 0 Å². The number of piperazine rings is 1. The maximum atomic E-state index is 12.9. The van der Waals surface area contributed by atoms with Gasteiger partial charge in [0.2, 0.25) is 10.0 Å². The first-order valence-corrected chi connectivity index (χ1v) is 9.71. The van der Waals surface area contributed by atoms with Crippen LogP contribution >= 0.6 is 0 Å². The molecule has 1 heterocycles. The Hall–Kier alpha value is -1.85. The summed E-state index contributed by atoms with van der Waals surface area (Å²) in [4.78, 5) is 2.67. The zero-order valence-corrected chi connectivity index (χ0v) is 15.3. The van der Waals surface area contributed by atoms with Gasteiger partial charge in [0.25, 0.3) is 0 Å². The molecule has 0 saturated carbocycles. The number of sulfonamides is 1. The first-order chi connectivity index (χ1) is 11.4. The Bertz CT molecular complexity index is 821. The van der Waals surface area contributed by atoms with Crippen LogP contribution in [-0.2, 0) is 10.0 Å². The quantitative estimate of drug-likeness (QED) is 0.859. The van der Waals surface area contributed by atoms with Gasteiger partial charge in [-0.05, 0) is 44.5 Å². The van der Waals surface area contributed by atoms with Crippen LogP contribution in [0, 0.1) is 20.8 Å². The summed E-state index contributed by atoms with van der Waals surface area (Å²) in [7, 11) is -3.42. The summed E-state index contributed by atoms with van der Waals surface area (Å²) in [6.45, 7) is 8.37. The minimum Gasteiger partial charge on any atom is -0.369 e. The van der Waals surface area contributed by atoms with Gasteiger partial charge in [-0.1, -0.05) is 35.4 Å². The Kier molecular flexibility index (Phi) is 4.65. The normalized spacial score (nSPS) is 16.4. The second kappa shape index (κ2) is 6.57. The Morgan fingerprint density at radius 2 is 1.38 bits per heavy atom. The lowest BCUT2D eigenvalue weighted by Gasteiger charge is -2.35. The molecule has 0 aromatic heterocycles. The zero-order chi connectivity index (χ0) is 17.3. The van der Waals surface area contributed by atoms with E-state index >= 15 is 0 Å². The molecule has 24 heavy (non-hydrogen) atoms. The van der Waals surface area contributed by atoms with Crippen LogP contribution in [0.2, 0.25) is 0 Å². The van der Waals surface area contributed by atoms with Gasteiger partial charge in [-0.25, -0.2) is 8.42 Å². The van der Waals surface area contributed by atoms with Crippen LogP contribution in [-0.4, -0.2) is 38.9 Å². The van der Waals surface area contributed by atoms with Crippen molar-refractivity contribution in [2.75, 3.05) is 31.1 Å². The van der Waals surface area contributed by atoms with Gasteiger partial charge < -0.3 is 4.90 Å². The maximum absolute atomic E-state index is 12.9. The average molecular weight is 344 g/mol. The molecule has 128 valence electrons. The summed E-state index contributed by atoms with van der Waals surface area (Å²) in [6, 6.07) is 13.9. The molecule has 1 saturated heterocycles. The highest BCUT2D eigenvalue weighted by Gasteiger charge is 2.29. The number of rotatable bonds is 3. The van der Waals surface area contributed by atoms with Crippen molar-refractivity contribution >= 4 is 15.7 Å². The minimum absolute atomic E-state index is 0.428. The third kappa shape index (κ3) is 3.32. The molecule has 0 amide bonds. The van der Waals surface area contributed by atoms with Gasteiger partial charge in [-0.15, -0.1) is 0 Å². The molecule has 1 fully saturated rings. The van der Waals surface area contributed by atoms with Crippen molar-refractivity contribution in [3.63, 3.8) is 0 Å². The number of anilines is 1. The third-order valence-corrected chi connectivity index (χ3v) is 6.64. The lowest BCUT2D eigenvalue weighted by molar-refractivity contribution is 0.384. The molecule has 1 aliphatic rings. The van der Waals surface area contributed by atoms with Gasteiger partial charge in [0.1, 0.15) is 0 Å². The van der Waals surface area contributed by atoms with Crippen LogP contribution in [0.3, 0.4) is 0 Å². The van der Waals surface area contributed by atoms with Crippen molar-refractivity contribution in [2.45, 2.75) is 25.7 Å². The molecule has 0 radical (unpaired) electrons. The molecule has 0 spiro atoms. The number of benzene rings is 2. The Morgan fingerprint density at radius 3 is 1.96 bits per heavy atom. The van der Waals surface area contributed by atoms with Crippen LogP contribution in [0.5, 0.6) is 0 Å². The first-order valence-electron chi connectivity index (χ1n) is 8.27. The summed E-state index contributed by atoms with van der Waals surface area (Å²) >= 11 is 0. The fraction of sp³-hybridized carbons (Fsp3) is 0.368. The summed E-state index contributed by atoms with van der Waals surface area (Å²) in [5.41, 5.74) is 4.28. The van der Waals surface area contributed by atoms with Gasteiger partial charge in [0.05, 0.1) is 4.90 Å². The summed E-state index contributed by atoms with van der Waals surface area (Å²) < 4.78 is 27.4. The molecule has 1 aliphatic heterocycles. The van der Waals surface area contributed by atoms with E-state index in [1.54, 1.807) is 10.4 Å². The fourth-order valence-corrected chi connectivity index (χ4v) is 4.80. The second-order valence-corrected chi connectivity index (χ2v) is 8.40. The Labute approximate surface area is 144 Å². The monoisotopic (exact) mass is 344 g/mol. The molecule has 5 heteroatoms. The summed E-state index contributed by atoms with van der Waals surface area (Å²) in [6.07, 6.45) is 0. The number of hydrogen-bond donors (Lipinski definition) is 0. The smallest absolute Gasteiger partial charge is 0.243 e. The van der Waals surface area contributed by atoms with E-state index in [0.717, 1.165) is 16.8 Å². The van der Waals surface area contributed by atoms with E-state index in [9.17, 15) is 8.42 Å². The SMILES string of the molecule is Cc1ccc(N2CCN(S(=O)(=O)c3ccc(C)cc3C)CC2)cc1. The highest BCUT2D eigenvalue weighted by atomic mass is 32.2. The number of aryl methyl sites for hydroxylation is 3. The average Bonchev–Trinajstić information content (AvgIpc) is 2.55. The highest BCUT2D eigenvalue weighted by Crippen LogP contribution is 2.24. The van der Waals surface area contributed by atoms with E-state index in [4.69, 9.17) is 0 Å². The largest absolute Gasteiger partial charge is 0.369 e. The van der Waals surface area contributed by atoms with E-state index in [0.29, 0.717) is 31.1 Å². The molecule has 2 aromatic rings. The first kappa shape index (κ1) is 17.0. The van der Waals surface area contributed by atoms with Crippen LogP contribution in [0.25, 0.3) is 0 Å². The van der Waals surface area contributed by atoms with Crippen molar-refractivity contribution in [1.29, 1.82) is 0 Å². The van der Waals surface area contributed by atoms with E-state index in [2.05, 4.69) is 36.1 Å².